The Balaban J connectivity index is 1.65. The van der Waals surface area contributed by atoms with Gasteiger partial charge in [-0.25, -0.2) is 4.68 Å². The van der Waals surface area contributed by atoms with Crippen molar-refractivity contribution in [2.75, 3.05) is 20.2 Å². The fraction of sp³-hybridized carbons (Fsp3) is 0.423. The van der Waals surface area contributed by atoms with Crippen LogP contribution in [0.5, 0.6) is 11.5 Å². The lowest BCUT2D eigenvalue weighted by molar-refractivity contribution is -0.000819. The van der Waals surface area contributed by atoms with Crippen molar-refractivity contribution in [2.45, 2.75) is 52.0 Å². The Bertz CT molecular complexity index is 1200. The van der Waals surface area contributed by atoms with Crippen molar-refractivity contribution in [3.05, 3.63) is 51.4 Å². The highest BCUT2D eigenvalue weighted by Gasteiger charge is 2.33. The van der Waals surface area contributed by atoms with E-state index in [4.69, 9.17) is 20.3 Å². The first-order chi connectivity index (χ1) is 16.5. The number of nitrogens with zero attached hydrogens (tertiary/aromatic N) is 3. The highest BCUT2D eigenvalue weighted by molar-refractivity contribution is 7.08. The second kappa shape index (κ2) is 9.54. The fourth-order valence-electron chi connectivity index (χ4n) is 4.85. The van der Waals surface area contributed by atoms with Crippen molar-refractivity contribution in [1.82, 2.24) is 14.7 Å². The van der Waals surface area contributed by atoms with Crippen LogP contribution >= 0.6 is 11.3 Å². The summed E-state index contributed by atoms with van der Waals surface area (Å²) in [7, 11) is 1.68. The molecule has 5 rings (SSSR count). The molecule has 1 aromatic carbocycles. The zero-order valence-electron chi connectivity index (χ0n) is 20.0. The number of fused-ring (bicyclic) bond motifs is 3. The number of rotatable bonds is 5. The Hall–Kier alpha value is -2.65. The fourth-order valence-corrected chi connectivity index (χ4v) is 5.47. The number of aliphatic hydroxyl groups is 1. The molecule has 2 aliphatic rings. The molecule has 0 aliphatic carbocycles. The second-order valence-electron chi connectivity index (χ2n) is 9.31. The molecule has 34 heavy (non-hydrogen) atoms. The van der Waals surface area contributed by atoms with Gasteiger partial charge in [0.25, 0.3) is 0 Å². The van der Waals surface area contributed by atoms with Crippen molar-refractivity contribution in [1.29, 1.82) is 0 Å². The number of likely N-dealkylation sites (tertiary alicyclic amines) is 1. The standard InChI is InChI=1S/C26H32N4O3S/c1-16(2)11-17-12-20-23(13-22(17)32-3)33-14-21-24(26(31)29-8-4-5-18(27)6-9-29)28-30(25(20)21)19-7-10-34-15-19/h7,10-13,15,18,26,31H,4-6,8-9,14,27H2,1-3H3. The van der Waals surface area contributed by atoms with Gasteiger partial charge >= 0.3 is 0 Å². The van der Waals surface area contributed by atoms with Gasteiger partial charge in [0.2, 0.25) is 0 Å². The van der Waals surface area contributed by atoms with Crippen molar-refractivity contribution >= 4 is 17.4 Å². The van der Waals surface area contributed by atoms with E-state index in [1.807, 2.05) is 16.1 Å². The van der Waals surface area contributed by atoms with Crippen molar-refractivity contribution < 1.29 is 14.6 Å². The minimum atomic E-state index is -0.806. The van der Waals surface area contributed by atoms with Gasteiger partial charge in [-0.2, -0.15) is 16.4 Å². The molecule has 1 fully saturated rings. The first-order valence-electron chi connectivity index (χ1n) is 11.8. The Morgan fingerprint density at radius 2 is 2.18 bits per heavy atom. The maximum Gasteiger partial charge on any atom is 0.152 e. The number of nitrogens with two attached hydrogens (primary N) is 1. The van der Waals surface area contributed by atoms with Crippen LogP contribution in [0.15, 0.2) is 34.5 Å². The zero-order chi connectivity index (χ0) is 23.8. The summed E-state index contributed by atoms with van der Waals surface area (Å²) in [6, 6.07) is 6.29. The summed E-state index contributed by atoms with van der Waals surface area (Å²) in [6.07, 6.45) is 4.12. The molecule has 2 aromatic heterocycles. The molecule has 4 heterocycles. The third kappa shape index (κ3) is 4.27. The van der Waals surface area contributed by atoms with E-state index in [1.54, 1.807) is 18.4 Å². The number of hydrogen-bond acceptors (Lipinski definition) is 7. The van der Waals surface area contributed by atoms with Gasteiger partial charge in [-0.3, -0.25) is 4.90 Å². The summed E-state index contributed by atoms with van der Waals surface area (Å²) in [6.45, 7) is 6.03. The minimum Gasteiger partial charge on any atom is -0.496 e. The summed E-state index contributed by atoms with van der Waals surface area (Å²) >= 11 is 1.62. The molecule has 2 unspecified atom stereocenters. The Kier molecular flexibility index (Phi) is 6.48. The molecule has 1 saturated heterocycles. The Morgan fingerprint density at radius 1 is 1.32 bits per heavy atom. The first-order valence-corrected chi connectivity index (χ1v) is 12.7. The number of hydrogen-bond donors (Lipinski definition) is 2. The van der Waals surface area contributed by atoms with Crippen molar-refractivity contribution in [3.63, 3.8) is 0 Å². The van der Waals surface area contributed by atoms with E-state index in [9.17, 15) is 5.11 Å². The lowest BCUT2D eigenvalue weighted by atomic mass is 9.98. The molecule has 0 bridgehead atoms. The maximum absolute atomic E-state index is 11.5. The van der Waals surface area contributed by atoms with Gasteiger partial charge in [0.1, 0.15) is 23.8 Å². The molecule has 0 radical (unpaired) electrons. The van der Waals surface area contributed by atoms with E-state index in [2.05, 4.69) is 42.3 Å². The van der Waals surface area contributed by atoms with Gasteiger partial charge in [-0.05, 0) is 50.6 Å². The lowest BCUT2D eigenvalue weighted by Gasteiger charge is -2.27. The number of aromatic nitrogens is 2. The van der Waals surface area contributed by atoms with Crippen LogP contribution in [0.1, 0.15) is 56.2 Å². The summed E-state index contributed by atoms with van der Waals surface area (Å²) in [5, 5.41) is 20.5. The average Bonchev–Trinajstić information content (AvgIpc) is 3.42. The average molecular weight is 481 g/mol. The quantitative estimate of drug-likeness (QED) is 0.549. The molecule has 0 spiro atoms. The molecular formula is C26H32N4O3S. The van der Waals surface area contributed by atoms with Gasteiger partial charge in [0, 0.05) is 47.3 Å². The van der Waals surface area contributed by atoms with E-state index in [0.717, 1.165) is 71.9 Å². The molecule has 2 atom stereocenters. The number of ether oxygens (including phenoxy) is 2. The van der Waals surface area contributed by atoms with Gasteiger partial charge in [0.05, 0.1) is 18.5 Å². The Labute approximate surface area is 204 Å². The van der Waals surface area contributed by atoms with Crippen LogP contribution in [0.3, 0.4) is 0 Å². The minimum absolute atomic E-state index is 0.188. The van der Waals surface area contributed by atoms with Crippen molar-refractivity contribution in [2.24, 2.45) is 5.73 Å². The topological polar surface area (TPSA) is 85.8 Å². The summed E-state index contributed by atoms with van der Waals surface area (Å²) < 4.78 is 13.8. The van der Waals surface area contributed by atoms with Gasteiger partial charge in [-0.15, -0.1) is 0 Å². The molecular weight excluding hydrogens is 448 g/mol. The predicted octanol–water partition coefficient (Wildman–Crippen LogP) is 4.73. The van der Waals surface area contributed by atoms with Crippen LogP contribution in [-0.4, -0.2) is 46.0 Å². The molecule has 180 valence electrons. The van der Waals surface area contributed by atoms with Crippen LogP contribution in [0, 0.1) is 0 Å². The first kappa shape index (κ1) is 23.1. The zero-order valence-corrected chi connectivity index (χ0v) is 20.8. The van der Waals surface area contributed by atoms with E-state index in [-0.39, 0.29) is 6.04 Å². The molecule has 0 amide bonds. The highest BCUT2D eigenvalue weighted by Crippen LogP contribution is 2.45. The summed E-state index contributed by atoms with van der Waals surface area (Å²) in [4.78, 5) is 2.09. The van der Waals surface area contributed by atoms with E-state index >= 15 is 0 Å². The summed E-state index contributed by atoms with van der Waals surface area (Å²) in [5.41, 5.74) is 12.8. The van der Waals surface area contributed by atoms with E-state index in [1.165, 1.54) is 5.57 Å². The lowest BCUT2D eigenvalue weighted by Crippen LogP contribution is -2.31. The highest BCUT2D eigenvalue weighted by atomic mass is 32.1. The van der Waals surface area contributed by atoms with Crippen LogP contribution in [0.4, 0.5) is 0 Å². The molecule has 8 heteroatoms. The van der Waals surface area contributed by atoms with E-state index in [0.29, 0.717) is 12.3 Å². The number of methoxy groups -OCH3 is 1. The number of aliphatic hydroxyl groups excluding tert-OH is 1. The predicted molar refractivity (Wildman–Crippen MR) is 135 cm³/mol. The van der Waals surface area contributed by atoms with Gasteiger partial charge < -0.3 is 20.3 Å². The van der Waals surface area contributed by atoms with E-state index < -0.39 is 6.23 Å². The molecule has 7 nitrogen and oxygen atoms in total. The van der Waals surface area contributed by atoms with Crippen molar-refractivity contribution in [3.8, 4) is 28.4 Å². The maximum atomic E-state index is 11.5. The molecule has 3 N–H and O–H groups in total. The Morgan fingerprint density at radius 3 is 2.91 bits per heavy atom. The van der Waals surface area contributed by atoms with Crippen LogP contribution in [-0.2, 0) is 6.61 Å². The third-order valence-electron chi connectivity index (χ3n) is 6.57. The van der Waals surface area contributed by atoms with Crippen LogP contribution in [0.25, 0.3) is 23.0 Å². The summed E-state index contributed by atoms with van der Waals surface area (Å²) in [5.74, 6) is 1.53. The molecule has 0 saturated carbocycles. The normalized spacial score (nSPS) is 18.9. The van der Waals surface area contributed by atoms with Crippen LogP contribution < -0.4 is 15.2 Å². The SMILES string of the molecule is COc1cc2c(cc1C=C(C)C)-c1c(c(C(O)N3CCCC(N)CC3)nn1-c1ccsc1)CO2. The second-order valence-corrected chi connectivity index (χ2v) is 10.1. The van der Waals surface area contributed by atoms with Crippen LogP contribution in [0.2, 0.25) is 0 Å². The van der Waals surface area contributed by atoms with Gasteiger partial charge in [-0.1, -0.05) is 11.6 Å². The van der Waals surface area contributed by atoms with Gasteiger partial charge in [0.15, 0.2) is 6.23 Å². The largest absolute Gasteiger partial charge is 0.496 e. The number of benzene rings is 1. The molecule has 3 aromatic rings. The number of thiophene rings is 1. The smallest absolute Gasteiger partial charge is 0.152 e. The monoisotopic (exact) mass is 480 g/mol. The third-order valence-corrected chi connectivity index (χ3v) is 7.24. The number of allylic oxidation sites excluding steroid dienone is 1. The molecule has 2 aliphatic heterocycles.